The Balaban J connectivity index is 1.91. The molecule has 2 amide bonds. The molecular weight excluding hydrogens is 343 g/mol. The summed E-state index contributed by atoms with van der Waals surface area (Å²) in [6.07, 6.45) is 0. The Bertz CT molecular complexity index is 760. The van der Waals surface area contributed by atoms with E-state index in [2.05, 4.69) is 10.6 Å². The fourth-order valence-corrected chi connectivity index (χ4v) is 2.27. The van der Waals surface area contributed by atoms with Crippen LogP contribution in [0.3, 0.4) is 0 Å². The van der Waals surface area contributed by atoms with Gasteiger partial charge in [-0.05, 0) is 37.6 Å². The van der Waals surface area contributed by atoms with Crippen LogP contribution in [0.2, 0.25) is 5.02 Å². The van der Waals surface area contributed by atoms with Crippen molar-refractivity contribution in [2.45, 2.75) is 26.9 Å². The van der Waals surface area contributed by atoms with Gasteiger partial charge in [-0.25, -0.2) is 4.39 Å². The molecule has 6 heteroatoms. The van der Waals surface area contributed by atoms with Crippen LogP contribution in [0.25, 0.3) is 0 Å². The minimum absolute atomic E-state index is 0.0272. The van der Waals surface area contributed by atoms with Crippen molar-refractivity contribution >= 4 is 23.4 Å². The minimum atomic E-state index is -1.28. The van der Waals surface area contributed by atoms with Crippen LogP contribution in [-0.4, -0.2) is 11.8 Å². The summed E-state index contributed by atoms with van der Waals surface area (Å²) in [7, 11) is 0. The first-order valence-corrected chi connectivity index (χ1v) is 8.23. The van der Waals surface area contributed by atoms with Crippen LogP contribution in [0.15, 0.2) is 48.5 Å². The maximum Gasteiger partial charge on any atom is 0.235 e. The Morgan fingerprint density at radius 1 is 0.960 bits per heavy atom. The van der Waals surface area contributed by atoms with E-state index in [1.807, 2.05) is 0 Å². The predicted molar refractivity (Wildman–Crippen MR) is 95.3 cm³/mol. The highest BCUT2D eigenvalue weighted by atomic mass is 35.5. The molecule has 2 N–H and O–H groups in total. The number of hydrogen-bond donors (Lipinski definition) is 2. The number of benzene rings is 2. The van der Waals surface area contributed by atoms with Gasteiger partial charge in [-0.3, -0.25) is 9.59 Å². The predicted octanol–water partition coefficient (Wildman–Crippen LogP) is 3.44. The SMILES string of the molecule is CC(C)(C(=O)NCc1ccc(Cl)cc1)C(=O)NCc1ccccc1F. The van der Waals surface area contributed by atoms with E-state index < -0.39 is 23.0 Å². The van der Waals surface area contributed by atoms with Crippen molar-refractivity contribution in [3.63, 3.8) is 0 Å². The molecule has 0 saturated heterocycles. The van der Waals surface area contributed by atoms with Gasteiger partial charge in [0.25, 0.3) is 0 Å². The van der Waals surface area contributed by atoms with Crippen LogP contribution < -0.4 is 10.6 Å². The Morgan fingerprint density at radius 2 is 1.52 bits per heavy atom. The molecule has 2 aromatic carbocycles. The number of hydrogen-bond acceptors (Lipinski definition) is 2. The first-order chi connectivity index (χ1) is 11.8. The van der Waals surface area contributed by atoms with Gasteiger partial charge >= 0.3 is 0 Å². The van der Waals surface area contributed by atoms with Crippen LogP contribution in [0.5, 0.6) is 0 Å². The zero-order valence-corrected chi connectivity index (χ0v) is 14.9. The smallest absolute Gasteiger partial charge is 0.235 e. The fourth-order valence-electron chi connectivity index (χ4n) is 2.15. The lowest BCUT2D eigenvalue weighted by Crippen LogP contribution is -2.47. The van der Waals surface area contributed by atoms with E-state index >= 15 is 0 Å². The summed E-state index contributed by atoms with van der Waals surface area (Å²) in [5, 5.41) is 5.96. The molecular formula is C19H20ClFN2O2. The van der Waals surface area contributed by atoms with Crippen molar-refractivity contribution in [2.24, 2.45) is 5.41 Å². The zero-order chi connectivity index (χ0) is 18.4. The minimum Gasteiger partial charge on any atom is -0.351 e. The second-order valence-corrected chi connectivity index (χ2v) is 6.64. The fraction of sp³-hybridized carbons (Fsp3) is 0.263. The van der Waals surface area contributed by atoms with Crippen molar-refractivity contribution in [3.05, 3.63) is 70.5 Å². The number of carbonyl (C=O) groups excluding carboxylic acids is 2. The van der Waals surface area contributed by atoms with Crippen LogP contribution in [0, 0.1) is 11.2 Å². The topological polar surface area (TPSA) is 58.2 Å². The third-order valence-electron chi connectivity index (χ3n) is 3.90. The second kappa shape index (κ2) is 8.12. The quantitative estimate of drug-likeness (QED) is 0.773. The molecule has 2 rings (SSSR count). The normalized spacial score (nSPS) is 11.0. The highest BCUT2D eigenvalue weighted by Gasteiger charge is 2.35. The van der Waals surface area contributed by atoms with Crippen molar-refractivity contribution < 1.29 is 14.0 Å². The van der Waals surface area contributed by atoms with Gasteiger partial charge in [0.15, 0.2) is 0 Å². The summed E-state index contributed by atoms with van der Waals surface area (Å²) in [5.74, 6) is -1.27. The number of halogens is 2. The molecule has 0 aliphatic rings. The first-order valence-electron chi connectivity index (χ1n) is 7.85. The molecule has 0 atom stereocenters. The van der Waals surface area contributed by atoms with E-state index in [9.17, 15) is 14.0 Å². The molecule has 2 aromatic rings. The number of nitrogens with one attached hydrogen (secondary N) is 2. The highest BCUT2D eigenvalue weighted by molar-refractivity contribution is 6.30. The summed E-state index contributed by atoms with van der Waals surface area (Å²) in [6, 6.07) is 13.2. The summed E-state index contributed by atoms with van der Waals surface area (Å²) >= 11 is 5.82. The van der Waals surface area contributed by atoms with Crippen LogP contribution in [0.1, 0.15) is 25.0 Å². The van der Waals surface area contributed by atoms with Crippen molar-refractivity contribution in [2.75, 3.05) is 0 Å². The van der Waals surface area contributed by atoms with Crippen LogP contribution >= 0.6 is 11.6 Å². The van der Waals surface area contributed by atoms with Gasteiger partial charge in [-0.1, -0.05) is 41.9 Å². The molecule has 0 aliphatic heterocycles. The molecule has 132 valence electrons. The lowest BCUT2D eigenvalue weighted by Gasteiger charge is -2.23. The van der Waals surface area contributed by atoms with Crippen molar-refractivity contribution in [1.82, 2.24) is 10.6 Å². The van der Waals surface area contributed by atoms with E-state index in [-0.39, 0.29) is 6.54 Å². The van der Waals surface area contributed by atoms with Crippen molar-refractivity contribution in [3.8, 4) is 0 Å². The maximum absolute atomic E-state index is 13.6. The zero-order valence-electron chi connectivity index (χ0n) is 14.1. The third kappa shape index (κ3) is 5.03. The van der Waals surface area contributed by atoms with E-state index in [0.29, 0.717) is 17.1 Å². The van der Waals surface area contributed by atoms with Gasteiger partial charge in [0, 0.05) is 23.7 Å². The van der Waals surface area contributed by atoms with Gasteiger partial charge in [0.1, 0.15) is 11.2 Å². The summed E-state index contributed by atoms with van der Waals surface area (Å²) in [4.78, 5) is 24.7. The summed E-state index contributed by atoms with van der Waals surface area (Å²) in [6.45, 7) is 3.38. The Labute approximate surface area is 151 Å². The number of rotatable bonds is 6. The van der Waals surface area contributed by atoms with Gasteiger partial charge in [-0.15, -0.1) is 0 Å². The summed E-state index contributed by atoms with van der Waals surface area (Å²) < 4.78 is 13.6. The van der Waals surface area contributed by atoms with E-state index in [4.69, 9.17) is 11.6 Å². The van der Waals surface area contributed by atoms with Gasteiger partial charge in [-0.2, -0.15) is 0 Å². The molecule has 0 fully saturated rings. The maximum atomic E-state index is 13.6. The van der Waals surface area contributed by atoms with Gasteiger partial charge < -0.3 is 10.6 Å². The Morgan fingerprint density at radius 3 is 2.12 bits per heavy atom. The molecule has 0 unspecified atom stereocenters. The number of carbonyl (C=O) groups is 2. The van der Waals surface area contributed by atoms with Gasteiger partial charge in [0.2, 0.25) is 11.8 Å². The lowest BCUT2D eigenvalue weighted by atomic mass is 9.91. The standard InChI is InChI=1S/C19H20ClFN2O2/c1-19(2,17(24)22-11-13-7-9-15(20)10-8-13)18(25)23-12-14-5-3-4-6-16(14)21/h3-10H,11-12H2,1-2H3,(H,22,24)(H,23,25). The average Bonchev–Trinajstić information content (AvgIpc) is 2.59. The number of amides is 2. The Hall–Kier alpha value is -2.40. The van der Waals surface area contributed by atoms with Crippen LogP contribution in [0.4, 0.5) is 4.39 Å². The average molecular weight is 363 g/mol. The second-order valence-electron chi connectivity index (χ2n) is 6.21. The van der Waals surface area contributed by atoms with E-state index in [1.165, 1.54) is 19.9 Å². The molecule has 0 saturated carbocycles. The largest absolute Gasteiger partial charge is 0.351 e. The summed E-state index contributed by atoms with van der Waals surface area (Å²) in [5.41, 5.74) is -0.0361. The first kappa shape index (κ1) is 18.9. The highest BCUT2D eigenvalue weighted by Crippen LogP contribution is 2.17. The monoisotopic (exact) mass is 362 g/mol. The molecule has 0 spiro atoms. The van der Waals surface area contributed by atoms with Crippen molar-refractivity contribution in [1.29, 1.82) is 0 Å². The molecule has 0 aromatic heterocycles. The third-order valence-corrected chi connectivity index (χ3v) is 4.15. The van der Waals surface area contributed by atoms with Gasteiger partial charge in [0.05, 0.1) is 0 Å². The molecule has 4 nitrogen and oxygen atoms in total. The van der Waals surface area contributed by atoms with E-state index in [1.54, 1.807) is 42.5 Å². The Kier molecular flexibility index (Phi) is 6.15. The molecule has 25 heavy (non-hydrogen) atoms. The lowest BCUT2D eigenvalue weighted by molar-refractivity contribution is -0.141. The molecule has 0 bridgehead atoms. The molecule has 0 radical (unpaired) electrons. The van der Waals surface area contributed by atoms with Crippen LogP contribution in [-0.2, 0) is 22.7 Å². The van der Waals surface area contributed by atoms with E-state index in [0.717, 1.165) is 5.56 Å². The molecule has 0 aliphatic carbocycles. The molecule has 0 heterocycles.